The second-order valence-electron chi connectivity index (χ2n) is 6.11. The second kappa shape index (κ2) is 8.80. The lowest BCUT2D eigenvalue weighted by atomic mass is 9.84. The van der Waals surface area contributed by atoms with Crippen LogP contribution in [0.3, 0.4) is 0 Å². The maximum atomic E-state index is 11.5. The third-order valence-electron chi connectivity index (χ3n) is 4.72. The molecule has 0 saturated heterocycles. The van der Waals surface area contributed by atoms with Gasteiger partial charge in [-0.25, -0.2) is 0 Å². The van der Waals surface area contributed by atoms with Crippen molar-refractivity contribution in [2.45, 2.75) is 24.9 Å². The molecule has 1 aromatic carbocycles. The molecule has 0 atom stereocenters. The van der Waals surface area contributed by atoms with Gasteiger partial charge in [-0.1, -0.05) is 24.3 Å². The number of anilines is 1. The molecule has 0 spiro atoms. The van der Waals surface area contributed by atoms with Crippen LogP contribution in [0.25, 0.3) is 6.08 Å². The zero-order valence-electron chi connectivity index (χ0n) is 15.3. The van der Waals surface area contributed by atoms with Crippen LogP contribution in [0.15, 0.2) is 41.6 Å². The largest absolute Gasteiger partial charge is 0.391 e. The summed E-state index contributed by atoms with van der Waals surface area (Å²) in [5, 5.41) is 13.0. The highest BCUT2D eigenvalue weighted by Crippen LogP contribution is 2.31. The second-order valence-corrected chi connectivity index (χ2v) is 6.11. The first-order valence-corrected chi connectivity index (χ1v) is 8.66. The van der Waals surface area contributed by atoms with Crippen LogP contribution in [0.4, 0.5) is 5.69 Å². The molecule has 2 rings (SSSR count). The molecule has 25 heavy (non-hydrogen) atoms. The Morgan fingerprint density at radius 1 is 1.24 bits per heavy atom. The molecule has 0 unspecified atom stereocenters. The van der Waals surface area contributed by atoms with Gasteiger partial charge in [0.1, 0.15) is 0 Å². The number of hydrogen-bond donors (Lipinski definition) is 5. The Morgan fingerprint density at radius 2 is 2.00 bits per heavy atom. The number of carbonyl (C=O) groups is 1. The third-order valence-corrected chi connectivity index (χ3v) is 4.72. The first-order valence-electron chi connectivity index (χ1n) is 8.66. The standard InChI is InChI=1S/C19H29N5O/c1-21-17-8-5-11-19(22-2,23-3)16(17)10-9-14-6-4-7-15(12-14)24-18(25)13-20/h4,6-7,9-10,12,21-23H,5,8,11,13,20H2,1-3H3,(H,24,25)/b10-9+. The molecule has 1 aromatic rings. The van der Waals surface area contributed by atoms with Crippen molar-refractivity contribution in [2.75, 3.05) is 33.0 Å². The van der Waals surface area contributed by atoms with Gasteiger partial charge in [0.25, 0.3) is 0 Å². The zero-order chi connectivity index (χ0) is 18.3. The van der Waals surface area contributed by atoms with Gasteiger partial charge in [0.05, 0.1) is 12.2 Å². The van der Waals surface area contributed by atoms with Gasteiger partial charge in [-0.15, -0.1) is 0 Å². The van der Waals surface area contributed by atoms with E-state index in [0.717, 1.165) is 30.5 Å². The number of allylic oxidation sites excluding steroid dienone is 1. The number of nitrogens with two attached hydrogens (primary N) is 1. The number of amides is 1. The van der Waals surface area contributed by atoms with Gasteiger partial charge in [-0.05, 0) is 51.1 Å². The van der Waals surface area contributed by atoms with Gasteiger partial charge in [-0.3, -0.25) is 15.4 Å². The van der Waals surface area contributed by atoms with E-state index in [-0.39, 0.29) is 18.1 Å². The molecule has 1 aliphatic carbocycles. The first-order chi connectivity index (χ1) is 12.1. The van der Waals surface area contributed by atoms with Crippen molar-refractivity contribution in [1.29, 1.82) is 0 Å². The molecule has 1 amide bonds. The predicted molar refractivity (Wildman–Crippen MR) is 104 cm³/mol. The van der Waals surface area contributed by atoms with Gasteiger partial charge in [-0.2, -0.15) is 0 Å². The summed E-state index contributed by atoms with van der Waals surface area (Å²) in [4.78, 5) is 11.5. The Bertz CT molecular complexity index is 662. The molecule has 1 aliphatic rings. The molecule has 0 aromatic heterocycles. The first kappa shape index (κ1) is 19.2. The summed E-state index contributed by atoms with van der Waals surface area (Å²) >= 11 is 0. The normalized spacial score (nSPS) is 17.0. The van der Waals surface area contributed by atoms with Crippen molar-refractivity contribution in [3.05, 3.63) is 47.2 Å². The highest BCUT2D eigenvalue weighted by atomic mass is 16.1. The Kier molecular flexibility index (Phi) is 6.75. The molecule has 0 aliphatic heterocycles. The van der Waals surface area contributed by atoms with E-state index in [1.54, 1.807) is 0 Å². The maximum absolute atomic E-state index is 11.5. The average molecular weight is 343 g/mol. The topological polar surface area (TPSA) is 91.2 Å². The van der Waals surface area contributed by atoms with E-state index < -0.39 is 0 Å². The fourth-order valence-corrected chi connectivity index (χ4v) is 3.32. The van der Waals surface area contributed by atoms with E-state index in [0.29, 0.717) is 0 Å². The summed E-state index contributed by atoms with van der Waals surface area (Å²) < 4.78 is 0. The van der Waals surface area contributed by atoms with Gasteiger partial charge < -0.3 is 16.4 Å². The van der Waals surface area contributed by atoms with Crippen LogP contribution in [0, 0.1) is 0 Å². The van der Waals surface area contributed by atoms with Crippen molar-refractivity contribution in [3.8, 4) is 0 Å². The van der Waals surface area contributed by atoms with E-state index in [1.807, 2.05) is 45.4 Å². The summed E-state index contributed by atoms with van der Waals surface area (Å²) in [5.74, 6) is -0.196. The molecule has 0 heterocycles. The highest BCUT2D eigenvalue weighted by molar-refractivity contribution is 5.92. The molecule has 6 heteroatoms. The highest BCUT2D eigenvalue weighted by Gasteiger charge is 2.34. The average Bonchev–Trinajstić information content (AvgIpc) is 2.66. The van der Waals surface area contributed by atoms with Crippen LogP contribution < -0.4 is 27.0 Å². The molecule has 6 nitrogen and oxygen atoms in total. The molecule has 0 radical (unpaired) electrons. The predicted octanol–water partition coefficient (Wildman–Crippen LogP) is 1.39. The number of benzene rings is 1. The Balaban J connectivity index is 2.30. The summed E-state index contributed by atoms with van der Waals surface area (Å²) in [6.45, 7) is -0.0225. The van der Waals surface area contributed by atoms with Crippen molar-refractivity contribution < 1.29 is 4.79 Å². The fourth-order valence-electron chi connectivity index (χ4n) is 3.32. The van der Waals surface area contributed by atoms with Crippen molar-refractivity contribution >= 4 is 17.7 Å². The molecule has 0 bridgehead atoms. The monoisotopic (exact) mass is 343 g/mol. The Labute approximate surface area is 149 Å². The number of carbonyl (C=O) groups excluding carboxylic acids is 1. The maximum Gasteiger partial charge on any atom is 0.238 e. The molecule has 136 valence electrons. The van der Waals surface area contributed by atoms with Gasteiger partial charge in [0, 0.05) is 24.0 Å². The van der Waals surface area contributed by atoms with E-state index in [2.05, 4.69) is 33.4 Å². The minimum absolute atomic E-state index is 0.0225. The van der Waals surface area contributed by atoms with E-state index in [4.69, 9.17) is 5.73 Å². The van der Waals surface area contributed by atoms with Crippen LogP contribution >= 0.6 is 0 Å². The molecule has 0 fully saturated rings. The fraction of sp³-hybridized carbons (Fsp3) is 0.421. The van der Waals surface area contributed by atoms with Gasteiger partial charge in [0.2, 0.25) is 5.91 Å². The number of nitrogens with one attached hydrogen (secondary N) is 4. The van der Waals surface area contributed by atoms with Crippen molar-refractivity contribution in [2.24, 2.45) is 5.73 Å². The lowest BCUT2D eigenvalue weighted by molar-refractivity contribution is -0.114. The summed E-state index contributed by atoms with van der Waals surface area (Å²) in [5.41, 5.74) is 9.33. The van der Waals surface area contributed by atoms with Gasteiger partial charge >= 0.3 is 0 Å². The lowest BCUT2D eigenvalue weighted by Crippen LogP contribution is -2.57. The molecular formula is C19H29N5O. The van der Waals surface area contributed by atoms with Crippen LogP contribution in [-0.2, 0) is 4.79 Å². The minimum atomic E-state index is -0.238. The summed E-state index contributed by atoms with van der Waals surface area (Å²) in [6.07, 6.45) is 7.39. The third kappa shape index (κ3) is 4.48. The summed E-state index contributed by atoms with van der Waals surface area (Å²) in [7, 11) is 5.92. The van der Waals surface area contributed by atoms with Crippen molar-refractivity contribution in [3.63, 3.8) is 0 Å². The minimum Gasteiger partial charge on any atom is -0.391 e. The SMILES string of the molecule is CNC1=C(/C=C/c2cccc(NC(=O)CN)c2)C(NC)(NC)CCC1. The van der Waals surface area contributed by atoms with Gasteiger partial charge in [0.15, 0.2) is 0 Å². The van der Waals surface area contributed by atoms with E-state index >= 15 is 0 Å². The van der Waals surface area contributed by atoms with Crippen LogP contribution in [0.2, 0.25) is 0 Å². The van der Waals surface area contributed by atoms with Crippen LogP contribution in [-0.4, -0.2) is 39.3 Å². The smallest absolute Gasteiger partial charge is 0.238 e. The van der Waals surface area contributed by atoms with Crippen molar-refractivity contribution in [1.82, 2.24) is 16.0 Å². The van der Waals surface area contributed by atoms with Crippen LogP contribution in [0.1, 0.15) is 24.8 Å². The number of likely N-dealkylation sites (N-methyl/N-ethyl adjacent to an activating group) is 2. The lowest BCUT2D eigenvalue weighted by Gasteiger charge is -2.39. The molecule has 0 saturated carbocycles. The number of hydrogen-bond acceptors (Lipinski definition) is 5. The zero-order valence-corrected chi connectivity index (χ0v) is 15.3. The van der Waals surface area contributed by atoms with Crippen LogP contribution in [0.5, 0.6) is 0 Å². The van der Waals surface area contributed by atoms with E-state index in [1.165, 1.54) is 11.3 Å². The molecular weight excluding hydrogens is 314 g/mol. The summed E-state index contributed by atoms with van der Waals surface area (Å²) in [6, 6.07) is 7.73. The quantitative estimate of drug-likeness (QED) is 0.483. The van der Waals surface area contributed by atoms with E-state index in [9.17, 15) is 4.79 Å². The Morgan fingerprint density at radius 3 is 2.64 bits per heavy atom. The Hall–Kier alpha value is -2.15. The molecule has 6 N–H and O–H groups in total. The number of rotatable bonds is 7.